The van der Waals surface area contributed by atoms with Crippen LogP contribution in [0.2, 0.25) is 0 Å². The Labute approximate surface area is 123 Å². The molecule has 2 amide bonds. The zero-order valence-electron chi connectivity index (χ0n) is 11.3. The topological polar surface area (TPSA) is 78.5 Å². The third-order valence-corrected chi connectivity index (χ3v) is 5.44. The van der Waals surface area contributed by atoms with Gasteiger partial charge < -0.3 is 10.6 Å². The summed E-state index contributed by atoms with van der Waals surface area (Å²) in [4.78, 5) is 12.8. The van der Waals surface area contributed by atoms with Crippen molar-refractivity contribution in [3.05, 3.63) is 22.4 Å². The first-order valence-corrected chi connectivity index (χ1v) is 9.20. The average Bonchev–Trinajstić information content (AvgIpc) is 2.89. The lowest BCUT2D eigenvalue weighted by molar-refractivity contribution is 0.227. The van der Waals surface area contributed by atoms with Crippen molar-refractivity contribution < 1.29 is 13.2 Å². The van der Waals surface area contributed by atoms with Gasteiger partial charge in [0.25, 0.3) is 0 Å². The number of carbonyl (C=O) groups excluding carboxylic acids is 1. The molecule has 1 saturated heterocycles. The van der Waals surface area contributed by atoms with Gasteiger partial charge in [0.1, 0.15) is 0 Å². The smallest absolute Gasteiger partial charge is 0.315 e. The summed E-state index contributed by atoms with van der Waals surface area (Å²) in [6.07, 6.45) is 2.52. The number of nitrogens with zero attached hydrogens (tertiary/aromatic N) is 1. The molecule has 0 unspecified atom stereocenters. The van der Waals surface area contributed by atoms with Crippen LogP contribution in [0.25, 0.3) is 0 Å². The molecule has 0 bridgehead atoms. The summed E-state index contributed by atoms with van der Waals surface area (Å²) in [5, 5.41) is 7.66. The van der Waals surface area contributed by atoms with Gasteiger partial charge in [-0.3, -0.25) is 0 Å². The Bertz CT molecular complexity index is 534. The number of sulfonamides is 1. The number of carbonyl (C=O) groups is 1. The molecule has 0 atom stereocenters. The van der Waals surface area contributed by atoms with Gasteiger partial charge in [0.15, 0.2) is 0 Å². The van der Waals surface area contributed by atoms with Crippen LogP contribution in [0, 0.1) is 0 Å². The Morgan fingerprint density at radius 3 is 2.70 bits per heavy atom. The maximum atomic E-state index is 11.7. The van der Waals surface area contributed by atoms with Crippen molar-refractivity contribution in [2.24, 2.45) is 0 Å². The van der Waals surface area contributed by atoms with E-state index in [4.69, 9.17) is 0 Å². The summed E-state index contributed by atoms with van der Waals surface area (Å²) >= 11 is 1.60. The lowest BCUT2D eigenvalue weighted by Gasteiger charge is -2.30. The zero-order valence-corrected chi connectivity index (χ0v) is 13.0. The van der Waals surface area contributed by atoms with Crippen molar-refractivity contribution in [3.8, 4) is 0 Å². The Hall–Kier alpha value is -1.12. The lowest BCUT2D eigenvalue weighted by Crippen LogP contribution is -2.48. The number of amides is 2. The standard InChI is InChI=1S/C12H19N3O3S2/c1-20(17,18)15-6-4-10(5-7-15)14-12(16)13-9-11-3-2-8-19-11/h2-3,8,10H,4-7,9H2,1H3,(H2,13,14,16). The van der Waals surface area contributed by atoms with E-state index in [1.54, 1.807) is 11.3 Å². The number of rotatable bonds is 4. The third kappa shape index (κ3) is 4.46. The van der Waals surface area contributed by atoms with E-state index < -0.39 is 10.0 Å². The number of urea groups is 1. The van der Waals surface area contributed by atoms with Crippen molar-refractivity contribution >= 4 is 27.4 Å². The van der Waals surface area contributed by atoms with Crippen LogP contribution in [0.3, 0.4) is 0 Å². The number of thiophene rings is 1. The van der Waals surface area contributed by atoms with E-state index in [1.165, 1.54) is 10.6 Å². The molecule has 112 valence electrons. The highest BCUT2D eigenvalue weighted by Gasteiger charge is 2.25. The lowest BCUT2D eigenvalue weighted by atomic mass is 10.1. The Balaban J connectivity index is 1.71. The molecule has 2 N–H and O–H groups in total. The highest BCUT2D eigenvalue weighted by Crippen LogP contribution is 2.13. The molecule has 0 aromatic carbocycles. The highest BCUT2D eigenvalue weighted by atomic mass is 32.2. The van der Waals surface area contributed by atoms with Crippen LogP contribution in [-0.4, -0.2) is 44.1 Å². The predicted octanol–water partition coefficient (Wildman–Crippen LogP) is 0.971. The molecule has 1 aliphatic heterocycles. The molecule has 20 heavy (non-hydrogen) atoms. The molecule has 1 fully saturated rings. The minimum absolute atomic E-state index is 0.0383. The Morgan fingerprint density at radius 2 is 2.15 bits per heavy atom. The minimum Gasteiger partial charge on any atom is -0.335 e. The average molecular weight is 317 g/mol. The fourth-order valence-corrected chi connectivity index (χ4v) is 3.67. The van der Waals surface area contributed by atoms with Gasteiger partial charge in [0.2, 0.25) is 10.0 Å². The van der Waals surface area contributed by atoms with Crippen LogP contribution in [0.5, 0.6) is 0 Å². The second-order valence-corrected chi connectivity index (χ2v) is 7.86. The van der Waals surface area contributed by atoms with Gasteiger partial charge >= 0.3 is 6.03 Å². The first-order valence-electron chi connectivity index (χ1n) is 6.47. The van der Waals surface area contributed by atoms with Crippen molar-refractivity contribution in [3.63, 3.8) is 0 Å². The maximum absolute atomic E-state index is 11.7. The highest BCUT2D eigenvalue weighted by molar-refractivity contribution is 7.88. The maximum Gasteiger partial charge on any atom is 0.315 e. The third-order valence-electron chi connectivity index (χ3n) is 3.26. The summed E-state index contributed by atoms with van der Waals surface area (Å²) < 4.78 is 24.2. The second kappa shape index (κ2) is 6.55. The van der Waals surface area contributed by atoms with E-state index in [-0.39, 0.29) is 12.1 Å². The molecule has 2 heterocycles. The first kappa shape index (κ1) is 15.3. The summed E-state index contributed by atoms with van der Waals surface area (Å²) in [7, 11) is -3.11. The van der Waals surface area contributed by atoms with Crippen molar-refractivity contribution in [2.75, 3.05) is 19.3 Å². The van der Waals surface area contributed by atoms with E-state index in [0.29, 0.717) is 32.5 Å². The molecule has 8 heteroatoms. The fraction of sp³-hybridized carbons (Fsp3) is 0.583. The summed E-state index contributed by atoms with van der Waals surface area (Å²) in [6.45, 7) is 1.45. The van der Waals surface area contributed by atoms with Gasteiger partial charge in [-0.15, -0.1) is 11.3 Å². The van der Waals surface area contributed by atoms with Gasteiger partial charge in [-0.1, -0.05) is 6.07 Å². The number of hydrogen-bond acceptors (Lipinski definition) is 4. The molecular weight excluding hydrogens is 298 g/mol. The predicted molar refractivity (Wildman–Crippen MR) is 79.1 cm³/mol. The summed E-state index contributed by atoms with van der Waals surface area (Å²) in [5.41, 5.74) is 0. The molecule has 1 aromatic heterocycles. The van der Waals surface area contributed by atoms with Gasteiger partial charge in [-0.2, -0.15) is 0 Å². The largest absolute Gasteiger partial charge is 0.335 e. The molecule has 0 spiro atoms. The number of piperidine rings is 1. The van der Waals surface area contributed by atoms with E-state index in [0.717, 1.165) is 4.88 Å². The monoisotopic (exact) mass is 317 g/mol. The molecule has 0 aliphatic carbocycles. The Morgan fingerprint density at radius 1 is 1.45 bits per heavy atom. The minimum atomic E-state index is -3.11. The Kier molecular flexibility index (Phi) is 5.00. The molecular formula is C12H19N3O3S2. The van der Waals surface area contributed by atoms with Gasteiger partial charge in [-0.25, -0.2) is 17.5 Å². The second-order valence-electron chi connectivity index (χ2n) is 4.84. The molecule has 6 nitrogen and oxygen atoms in total. The SMILES string of the molecule is CS(=O)(=O)N1CCC(NC(=O)NCc2cccs2)CC1. The molecule has 1 aromatic rings. The van der Waals surface area contributed by atoms with E-state index >= 15 is 0 Å². The van der Waals surface area contributed by atoms with Crippen LogP contribution >= 0.6 is 11.3 Å². The van der Waals surface area contributed by atoms with Crippen molar-refractivity contribution in [1.29, 1.82) is 0 Å². The molecule has 2 rings (SSSR count). The van der Waals surface area contributed by atoms with Crippen LogP contribution in [0.4, 0.5) is 4.79 Å². The summed E-state index contributed by atoms with van der Waals surface area (Å²) in [6, 6.07) is 3.75. The van der Waals surface area contributed by atoms with Gasteiger partial charge in [0, 0.05) is 24.0 Å². The molecule has 0 radical (unpaired) electrons. The van der Waals surface area contributed by atoms with Crippen LogP contribution in [0.15, 0.2) is 17.5 Å². The van der Waals surface area contributed by atoms with Gasteiger partial charge in [-0.05, 0) is 24.3 Å². The fourth-order valence-electron chi connectivity index (χ4n) is 2.15. The summed E-state index contributed by atoms with van der Waals surface area (Å²) in [5.74, 6) is 0. The molecule has 1 aliphatic rings. The van der Waals surface area contributed by atoms with E-state index in [2.05, 4.69) is 10.6 Å². The van der Waals surface area contributed by atoms with Crippen molar-refractivity contribution in [2.45, 2.75) is 25.4 Å². The van der Waals surface area contributed by atoms with Crippen LogP contribution in [-0.2, 0) is 16.6 Å². The first-order chi connectivity index (χ1) is 9.45. The molecule has 0 saturated carbocycles. The van der Waals surface area contributed by atoms with E-state index in [9.17, 15) is 13.2 Å². The quantitative estimate of drug-likeness (QED) is 0.868. The van der Waals surface area contributed by atoms with Crippen LogP contribution in [0.1, 0.15) is 17.7 Å². The van der Waals surface area contributed by atoms with Gasteiger partial charge in [0.05, 0.1) is 12.8 Å². The number of hydrogen-bond donors (Lipinski definition) is 2. The normalized spacial score (nSPS) is 17.9. The van der Waals surface area contributed by atoms with E-state index in [1.807, 2.05) is 17.5 Å². The number of nitrogens with one attached hydrogen (secondary N) is 2. The van der Waals surface area contributed by atoms with Crippen molar-refractivity contribution in [1.82, 2.24) is 14.9 Å². The zero-order chi connectivity index (χ0) is 14.6. The van der Waals surface area contributed by atoms with Crippen LogP contribution < -0.4 is 10.6 Å².